The Morgan fingerprint density at radius 2 is 2.24 bits per heavy atom. The number of hydrogen-bond donors (Lipinski definition) is 1. The summed E-state index contributed by atoms with van der Waals surface area (Å²) in [6, 6.07) is 5.31. The number of hydrazone groups is 1. The minimum Gasteiger partial charge on any atom is -0.461 e. The van der Waals surface area contributed by atoms with Gasteiger partial charge in [-0.25, -0.2) is 4.79 Å². The van der Waals surface area contributed by atoms with Gasteiger partial charge in [-0.1, -0.05) is 29.3 Å². The first kappa shape index (κ1) is 13.8. The summed E-state index contributed by atoms with van der Waals surface area (Å²) in [7, 11) is 0. The topological polar surface area (TPSA) is 50.7 Å². The smallest absolute Gasteiger partial charge is 0.370 e. The number of carbonyl (C=O) groups excluding carboxylic acids is 1. The second-order valence-corrected chi connectivity index (χ2v) is 3.91. The molecule has 0 aliphatic heterocycles. The van der Waals surface area contributed by atoms with Crippen LogP contribution in [0, 0.1) is 6.92 Å². The third-order valence-electron chi connectivity index (χ3n) is 1.99. The van der Waals surface area contributed by atoms with E-state index in [0.29, 0.717) is 10.7 Å². The van der Waals surface area contributed by atoms with Gasteiger partial charge in [-0.15, -0.1) is 0 Å². The first-order valence-corrected chi connectivity index (χ1v) is 5.73. The largest absolute Gasteiger partial charge is 0.461 e. The van der Waals surface area contributed by atoms with Crippen LogP contribution in [-0.4, -0.2) is 17.7 Å². The molecule has 4 nitrogen and oxygen atoms in total. The molecular weight excluding hydrogens is 263 g/mol. The molecule has 6 heteroatoms. The van der Waals surface area contributed by atoms with Gasteiger partial charge in [0.15, 0.2) is 0 Å². The predicted molar refractivity (Wildman–Crippen MR) is 69.7 cm³/mol. The van der Waals surface area contributed by atoms with Crippen molar-refractivity contribution in [3.63, 3.8) is 0 Å². The van der Waals surface area contributed by atoms with Gasteiger partial charge in [0.05, 0.1) is 12.3 Å². The molecule has 0 saturated heterocycles. The van der Waals surface area contributed by atoms with Crippen LogP contribution in [0.1, 0.15) is 12.5 Å². The highest BCUT2D eigenvalue weighted by Crippen LogP contribution is 2.22. The maximum atomic E-state index is 11.2. The summed E-state index contributed by atoms with van der Waals surface area (Å²) in [5.41, 5.74) is 4.17. The molecule has 0 fully saturated rings. The molecule has 0 aromatic heterocycles. The van der Waals surface area contributed by atoms with E-state index in [4.69, 9.17) is 23.2 Å². The van der Waals surface area contributed by atoms with Crippen LogP contribution in [0.15, 0.2) is 23.3 Å². The van der Waals surface area contributed by atoms with Gasteiger partial charge in [-0.2, -0.15) is 5.10 Å². The number of ether oxygens (including phenoxy) is 1. The molecule has 1 aromatic carbocycles. The number of anilines is 1. The zero-order valence-electron chi connectivity index (χ0n) is 9.46. The third-order valence-corrected chi connectivity index (χ3v) is 2.63. The predicted octanol–water partition coefficient (Wildman–Crippen LogP) is 3.18. The maximum Gasteiger partial charge on any atom is 0.370 e. The number of carbonyl (C=O) groups is 1. The molecule has 0 amide bonds. The van der Waals surface area contributed by atoms with Crippen LogP contribution in [-0.2, 0) is 9.53 Å². The van der Waals surface area contributed by atoms with Crippen molar-refractivity contribution >= 4 is 40.0 Å². The third kappa shape index (κ3) is 3.91. The van der Waals surface area contributed by atoms with E-state index in [1.807, 2.05) is 6.92 Å². The van der Waals surface area contributed by atoms with Crippen LogP contribution in [0.2, 0.25) is 5.02 Å². The van der Waals surface area contributed by atoms with Gasteiger partial charge in [0, 0.05) is 5.02 Å². The zero-order chi connectivity index (χ0) is 12.8. The van der Waals surface area contributed by atoms with Gasteiger partial charge < -0.3 is 4.74 Å². The zero-order valence-corrected chi connectivity index (χ0v) is 11.0. The molecule has 0 unspecified atom stereocenters. The van der Waals surface area contributed by atoms with Crippen molar-refractivity contribution in [3.05, 3.63) is 28.8 Å². The average Bonchev–Trinajstić information content (AvgIpc) is 2.31. The fraction of sp³-hybridized carbons (Fsp3) is 0.273. The molecular formula is C11H12Cl2N2O2. The van der Waals surface area contributed by atoms with E-state index in [0.717, 1.165) is 5.56 Å². The van der Waals surface area contributed by atoms with Crippen LogP contribution in [0.4, 0.5) is 5.69 Å². The second-order valence-electron chi connectivity index (χ2n) is 3.15. The van der Waals surface area contributed by atoms with Gasteiger partial charge in [-0.05, 0) is 31.5 Å². The van der Waals surface area contributed by atoms with Gasteiger partial charge in [0.25, 0.3) is 0 Å². The van der Waals surface area contributed by atoms with E-state index in [-0.39, 0.29) is 11.8 Å². The highest BCUT2D eigenvalue weighted by molar-refractivity contribution is 6.82. The Balaban J connectivity index is 2.75. The minimum absolute atomic E-state index is 0.251. The monoisotopic (exact) mass is 274 g/mol. The number of hydrogen-bond acceptors (Lipinski definition) is 4. The van der Waals surface area contributed by atoms with Crippen molar-refractivity contribution in [1.29, 1.82) is 0 Å². The summed E-state index contributed by atoms with van der Waals surface area (Å²) >= 11 is 11.6. The molecule has 1 aromatic rings. The molecule has 92 valence electrons. The minimum atomic E-state index is -0.665. The average molecular weight is 275 g/mol. The van der Waals surface area contributed by atoms with Crippen LogP contribution < -0.4 is 5.43 Å². The number of esters is 1. The van der Waals surface area contributed by atoms with Crippen LogP contribution in [0.25, 0.3) is 0 Å². The fourth-order valence-corrected chi connectivity index (χ4v) is 1.35. The number of nitrogens with zero attached hydrogens (tertiary/aromatic N) is 1. The lowest BCUT2D eigenvalue weighted by molar-refractivity contribution is -0.134. The number of rotatable bonds is 4. The standard InChI is InChI=1S/C11H12Cl2N2O2/c1-3-17-11(16)10(13)15-14-9-6-4-5-8(12)7(9)2/h4-6,14H,3H2,1-2H3. The molecule has 1 rings (SSSR count). The summed E-state index contributed by atoms with van der Waals surface area (Å²) in [6.07, 6.45) is 0. The summed E-state index contributed by atoms with van der Waals surface area (Å²) in [6.45, 7) is 3.77. The Bertz CT molecular complexity index is 447. The van der Waals surface area contributed by atoms with Crippen molar-refractivity contribution in [2.45, 2.75) is 13.8 Å². The first-order valence-electron chi connectivity index (χ1n) is 4.97. The first-order chi connectivity index (χ1) is 8.06. The van der Waals surface area contributed by atoms with Crippen LogP contribution >= 0.6 is 23.2 Å². The van der Waals surface area contributed by atoms with Gasteiger partial charge in [0.2, 0.25) is 5.17 Å². The number of benzene rings is 1. The SMILES string of the molecule is CCOC(=O)C(Cl)=NNc1cccc(Cl)c1C. The van der Waals surface area contributed by atoms with Crippen molar-refractivity contribution in [2.24, 2.45) is 5.10 Å². The molecule has 0 atom stereocenters. The second kappa shape index (κ2) is 6.47. The van der Waals surface area contributed by atoms with E-state index in [1.54, 1.807) is 25.1 Å². The highest BCUT2D eigenvalue weighted by Gasteiger charge is 2.09. The molecule has 1 N–H and O–H groups in total. The molecule has 0 heterocycles. The van der Waals surface area contributed by atoms with Gasteiger partial charge in [0.1, 0.15) is 0 Å². The number of nitrogens with one attached hydrogen (secondary N) is 1. The van der Waals surface area contributed by atoms with E-state index >= 15 is 0 Å². The van der Waals surface area contributed by atoms with E-state index in [9.17, 15) is 4.79 Å². The Labute approximate surface area is 110 Å². The normalized spacial score (nSPS) is 11.2. The Morgan fingerprint density at radius 1 is 1.53 bits per heavy atom. The molecule has 0 saturated carbocycles. The van der Waals surface area contributed by atoms with E-state index in [2.05, 4.69) is 15.3 Å². The highest BCUT2D eigenvalue weighted by atomic mass is 35.5. The summed E-state index contributed by atoms with van der Waals surface area (Å²) in [4.78, 5) is 11.2. The van der Waals surface area contributed by atoms with Crippen molar-refractivity contribution in [2.75, 3.05) is 12.0 Å². The quantitative estimate of drug-likeness (QED) is 0.521. The lowest BCUT2D eigenvalue weighted by Gasteiger charge is -2.06. The van der Waals surface area contributed by atoms with E-state index < -0.39 is 5.97 Å². The van der Waals surface area contributed by atoms with Crippen molar-refractivity contribution in [3.8, 4) is 0 Å². The van der Waals surface area contributed by atoms with Crippen LogP contribution in [0.3, 0.4) is 0 Å². The van der Waals surface area contributed by atoms with Crippen molar-refractivity contribution < 1.29 is 9.53 Å². The van der Waals surface area contributed by atoms with E-state index in [1.165, 1.54) is 0 Å². The Kier molecular flexibility index (Phi) is 5.25. The summed E-state index contributed by atoms with van der Waals surface area (Å²) < 4.78 is 4.68. The van der Waals surface area contributed by atoms with Crippen molar-refractivity contribution in [1.82, 2.24) is 0 Å². The molecule has 17 heavy (non-hydrogen) atoms. The number of halogens is 2. The summed E-state index contributed by atoms with van der Waals surface area (Å²) in [5.74, 6) is -0.665. The van der Waals surface area contributed by atoms with Gasteiger partial charge in [-0.3, -0.25) is 5.43 Å². The van der Waals surface area contributed by atoms with Crippen LogP contribution in [0.5, 0.6) is 0 Å². The maximum absolute atomic E-state index is 11.2. The Hall–Kier alpha value is -1.26. The molecule has 0 aliphatic rings. The molecule has 0 radical (unpaired) electrons. The molecule has 0 aliphatic carbocycles. The lowest BCUT2D eigenvalue weighted by atomic mass is 10.2. The molecule has 0 spiro atoms. The fourth-order valence-electron chi connectivity index (χ4n) is 1.07. The Morgan fingerprint density at radius 3 is 2.88 bits per heavy atom. The molecule has 0 bridgehead atoms. The van der Waals surface area contributed by atoms with Gasteiger partial charge >= 0.3 is 5.97 Å². The lowest BCUT2D eigenvalue weighted by Crippen LogP contribution is -2.13. The summed E-state index contributed by atoms with van der Waals surface area (Å²) in [5, 5.41) is 4.06.